The van der Waals surface area contributed by atoms with Crippen LogP contribution in [-0.2, 0) is 31.0 Å². The van der Waals surface area contributed by atoms with E-state index in [1.165, 1.54) is 18.2 Å². The molecule has 13 nitrogen and oxygen atoms in total. The Morgan fingerprint density at radius 1 is 1.11 bits per heavy atom. The molecule has 44 heavy (non-hydrogen) atoms. The lowest BCUT2D eigenvalue weighted by molar-refractivity contribution is -0.176. The number of amides is 3. The van der Waals surface area contributed by atoms with E-state index in [0.29, 0.717) is 26.2 Å². The maximum absolute atomic E-state index is 13.8. The molecule has 6 aliphatic heterocycles. The predicted octanol–water partition coefficient (Wildman–Crippen LogP) is 0.803. The summed E-state index contributed by atoms with van der Waals surface area (Å²) in [6.07, 6.45) is 9.08. The fraction of sp³-hybridized carbons (Fsp3) is 0.645. The third-order valence-electron chi connectivity index (χ3n) is 10.6. The number of nitrogens with zero attached hydrogens (tertiary/aromatic N) is 4. The Kier molecular flexibility index (Phi) is 7.05. The van der Waals surface area contributed by atoms with Crippen LogP contribution < -0.4 is 21.3 Å². The highest BCUT2D eigenvalue weighted by atomic mass is 16.5. The van der Waals surface area contributed by atoms with E-state index in [9.17, 15) is 14.4 Å². The number of hydrogen-bond acceptors (Lipinski definition) is 10. The number of fused-ring (bicyclic) bond motifs is 7. The Balaban J connectivity index is 1.04. The fourth-order valence-corrected chi connectivity index (χ4v) is 8.28. The van der Waals surface area contributed by atoms with Crippen LogP contribution in [0.15, 0.2) is 30.4 Å². The van der Waals surface area contributed by atoms with Gasteiger partial charge in [0.25, 0.3) is 0 Å². The number of carbonyl (C=O) groups excluding carboxylic acids is 3. The molecular formula is C31H42N8O5. The Bertz CT molecular complexity index is 1370. The number of hydrogen-bond donors (Lipinski definition) is 4. The number of anilines is 1. The second kappa shape index (κ2) is 11.0. The van der Waals surface area contributed by atoms with Crippen molar-refractivity contribution in [1.82, 2.24) is 35.8 Å². The zero-order valence-corrected chi connectivity index (χ0v) is 25.2. The minimum absolute atomic E-state index is 0.0182. The first-order valence-corrected chi connectivity index (χ1v) is 16.1. The number of benzene rings is 1. The first-order valence-electron chi connectivity index (χ1n) is 16.1. The molecule has 5 fully saturated rings. The average Bonchev–Trinajstić information content (AvgIpc) is 3.77. The highest BCUT2D eigenvalue weighted by Crippen LogP contribution is 2.54. The maximum atomic E-state index is 13.8. The molecule has 6 heterocycles. The van der Waals surface area contributed by atoms with Crippen molar-refractivity contribution in [2.24, 2.45) is 5.92 Å². The molecule has 6 unspecified atom stereocenters. The van der Waals surface area contributed by atoms with Gasteiger partial charge in [0.2, 0.25) is 11.8 Å². The van der Waals surface area contributed by atoms with Crippen molar-refractivity contribution in [2.75, 3.05) is 45.2 Å². The van der Waals surface area contributed by atoms with Gasteiger partial charge in [-0.3, -0.25) is 35.4 Å². The summed E-state index contributed by atoms with van der Waals surface area (Å²) in [5.41, 5.74) is 3.16. The predicted molar refractivity (Wildman–Crippen MR) is 159 cm³/mol. The third kappa shape index (κ3) is 4.59. The zero-order chi connectivity index (χ0) is 30.0. The van der Waals surface area contributed by atoms with E-state index in [1.807, 2.05) is 14.8 Å². The molecule has 1 aliphatic carbocycles. The summed E-state index contributed by atoms with van der Waals surface area (Å²) in [5.74, 6) is -0.137. The van der Waals surface area contributed by atoms with Gasteiger partial charge in [-0.05, 0) is 68.2 Å². The van der Waals surface area contributed by atoms with Crippen molar-refractivity contribution in [3.63, 3.8) is 0 Å². The summed E-state index contributed by atoms with van der Waals surface area (Å²) >= 11 is 0. The molecule has 1 saturated carbocycles. The van der Waals surface area contributed by atoms with E-state index in [0.717, 1.165) is 50.6 Å². The Labute approximate surface area is 257 Å². The minimum atomic E-state index is -0.276. The van der Waals surface area contributed by atoms with Crippen LogP contribution in [0.25, 0.3) is 0 Å². The number of allylic oxidation sites excluding steroid dienone is 1. The normalized spacial score (nSPS) is 35.2. The number of methoxy groups -OCH3 is 1. The zero-order valence-electron chi connectivity index (χ0n) is 25.2. The summed E-state index contributed by atoms with van der Waals surface area (Å²) in [6.45, 7) is 2.54. The van der Waals surface area contributed by atoms with Crippen LogP contribution in [0.3, 0.4) is 0 Å². The van der Waals surface area contributed by atoms with Crippen LogP contribution in [-0.4, -0.2) is 109 Å². The van der Waals surface area contributed by atoms with Crippen molar-refractivity contribution in [1.29, 1.82) is 0 Å². The Morgan fingerprint density at radius 3 is 2.84 bits per heavy atom. The SMILES string of the molecule is COC(=O)N1CCc2ccc(NC3NCC4C(=O)N5C/C=C\CCCN6C(=O)COC7CCC(NC76)N5C4N3)cc2C12CC2. The molecule has 1 aromatic rings. The molecule has 4 saturated heterocycles. The molecule has 3 amide bonds. The highest BCUT2D eigenvalue weighted by Gasteiger charge is 2.56. The van der Waals surface area contributed by atoms with Crippen LogP contribution in [0, 0.1) is 5.92 Å². The van der Waals surface area contributed by atoms with Gasteiger partial charge in [0, 0.05) is 25.3 Å². The van der Waals surface area contributed by atoms with Gasteiger partial charge in [-0.15, -0.1) is 0 Å². The van der Waals surface area contributed by atoms with E-state index in [4.69, 9.17) is 9.47 Å². The van der Waals surface area contributed by atoms with Gasteiger partial charge < -0.3 is 19.7 Å². The fourth-order valence-electron chi connectivity index (χ4n) is 8.28. The van der Waals surface area contributed by atoms with Crippen molar-refractivity contribution in [3.05, 3.63) is 41.5 Å². The van der Waals surface area contributed by atoms with Gasteiger partial charge in [0.05, 0.1) is 43.5 Å². The van der Waals surface area contributed by atoms with Crippen LogP contribution in [0.5, 0.6) is 0 Å². The van der Waals surface area contributed by atoms with E-state index >= 15 is 0 Å². The molecule has 1 aromatic carbocycles. The molecule has 7 aliphatic rings. The Morgan fingerprint density at radius 2 is 2.00 bits per heavy atom. The van der Waals surface area contributed by atoms with Crippen LogP contribution in [0.2, 0.25) is 0 Å². The molecule has 236 valence electrons. The molecule has 1 spiro atoms. The topological polar surface area (TPSA) is 131 Å². The van der Waals surface area contributed by atoms with Crippen molar-refractivity contribution in [2.45, 2.75) is 81.4 Å². The lowest BCUT2D eigenvalue weighted by Gasteiger charge is -2.50. The number of hydrazine groups is 1. The van der Waals surface area contributed by atoms with Gasteiger partial charge >= 0.3 is 6.09 Å². The number of piperidine rings is 1. The molecule has 6 atom stereocenters. The quantitative estimate of drug-likeness (QED) is 0.359. The smallest absolute Gasteiger partial charge is 0.410 e. The van der Waals surface area contributed by atoms with Crippen LogP contribution in [0.4, 0.5) is 10.5 Å². The van der Waals surface area contributed by atoms with E-state index in [2.05, 4.69) is 56.6 Å². The Hall–Kier alpha value is -3.23. The largest absolute Gasteiger partial charge is 0.453 e. The summed E-state index contributed by atoms with van der Waals surface area (Å²) in [6, 6.07) is 6.45. The van der Waals surface area contributed by atoms with Gasteiger partial charge in [-0.2, -0.15) is 5.01 Å². The van der Waals surface area contributed by atoms with Crippen molar-refractivity contribution in [3.8, 4) is 0 Å². The molecule has 13 heteroatoms. The standard InChI is InChI=1S/C31H42N8O5/c1-43-30(42)37-15-10-19-6-7-20(16-22(19)31(37)11-12-31)33-29-32-17-21-26(35-29)39-24-9-8-23-27(34-24)36(25(40)18-44-23)13-4-2-3-5-14-38(39)28(21)41/h3,5-7,16,21,23-24,26-27,29,32-35H,2,4,8-15,17-18H2,1H3/b5-3-. The number of carbonyl (C=O) groups is 3. The lowest BCUT2D eigenvalue weighted by Crippen LogP contribution is -2.72. The number of rotatable bonds is 2. The van der Waals surface area contributed by atoms with Crippen LogP contribution >= 0.6 is 0 Å². The first kappa shape index (κ1) is 28.3. The van der Waals surface area contributed by atoms with E-state index in [-0.39, 0.29) is 66.9 Å². The molecule has 4 N–H and O–H groups in total. The monoisotopic (exact) mass is 606 g/mol. The summed E-state index contributed by atoms with van der Waals surface area (Å²) in [5, 5.41) is 18.6. The minimum Gasteiger partial charge on any atom is -0.453 e. The highest BCUT2D eigenvalue weighted by molar-refractivity contribution is 5.82. The van der Waals surface area contributed by atoms with Crippen molar-refractivity contribution < 1.29 is 23.9 Å². The molecule has 0 radical (unpaired) electrons. The number of nitrogens with one attached hydrogen (secondary N) is 4. The lowest BCUT2D eigenvalue weighted by atomic mass is 9.90. The number of morpholine rings is 1. The second-order valence-corrected chi connectivity index (χ2v) is 13.0. The summed E-state index contributed by atoms with van der Waals surface area (Å²) in [4.78, 5) is 43.0. The molecular weight excluding hydrogens is 564 g/mol. The second-order valence-electron chi connectivity index (χ2n) is 13.0. The third-order valence-corrected chi connectivity index (χ3v) is 10.6. The summed E-state index contributed by atoms with van der Waals surface area (Å²) < 4.78 is 11.1. The van der Waals surface area contributed by atoms with Gasteiger partial charge in [-0.25, -0.2) is 4.79 Å². The van der Waals surface area contributed by atoms with Crippen molar-refractivity contribution >= 4 is 23.6 Å². The average molecular weight is 607 g/mol. The van der Waals surface area contributed by atoms with Gasteiger partial charge in [0.15, 0.2) is 0 Å². The molecule has 2 bridgehead atoms. The van der Waals surface area contributed by atoms with E-state index in [1.54, 1.807) is 0 Å². The van der Waals surface area contributed by atoms with Gasteiger partial charge in [0.1, 0.15) is 19.1 Å². The van der Waals surface area contributed by atoms with E-state index < -0.39 is 0 Å². The first-order chi connectivity index (χ1) is 21.5. The van der Waals surface area contributed by atoms with Gasteiger partial charge in [-0.1, -0.05) is 18.2 Å². The molecule has 0 aromatic heterocycles. The van der Waals surface area contributed by atoms with Crippen LogP contribution in [0.1, 0.15) is 49.7 Å². The number of ether oxygens (including phenoxy) is 2. The molecule has 8 rings (SSSR count). The maximum Gasteiger partial charge on any atom is 0.410 e. The summed E-state index contributed by atoms with van der Waals surface area (Å²) in [7, 11) is 1.45.